The van der Waals surface area contributed by atoms with Crippen molar-refractivity contribution in [1.82, 2.24) is 0 Å². The van der Waals surface area contributed by atoms with Gasteiger partial charge in [0.05, 0.1) is 5.41 Å². The average molecular weight is 487 g/mol. The lowest BCUT2D eigenvalue weighted by Gasteiger charge is -2.37. The number of unbranched alkanes of at least 4 members (excludes halogenated alkanes) is 2. The van der Waals surface area contributed by atoms with Crippen LogP contribution in [-0.4, -0.2) is 0 Å². The van der Waals surface area contributed by atoms with Gasteiger partial charge in [-0.3, -0.25) is 0 Å². The zero-order chi connectivity index (χ0) is 26.2. The molecule has 37 heavy (non-hydrogen) atoms. The Kier molecular flexibility index (Phi) is 7.13. The maximum Gasteiger partial charge on any atom is 0.0718 e. The Hall–Kier alpha value is -3.12. The second-order valence-corrected chi connectivity index (χ2v) is 11.4. The maximum atomic E-state index is 2.46. The van der Waals surface area contributed by atoms with E-state index in [1.807, 2.05) is 0 Å². The fourth-order valence-corrected chi connectivity index (χ4v) is 6.64. The van der Waals surface area contributed by atoms with E-state index in [0.717, 1.165) is 12.8 Å². The summed E-state index contributed by atoms with van der Waals surface area (Å²) in [4.78, 5) is 0. The SMILES string of the molecule is CCCCc1ccc(C2(c3ccc(CCCC)cc3C)c3cc(C)ccc3-c3ccc(C)cc32)c(C)c1. The Morgan fingerprint density at radius 2 is 0.919 bits per heavy atom. The summed E-state index contributed by atoms with van der Waals surface area (Å²) in [5.74, 6) is 0. The lowest BCUT2D eigenvalue weighted by Crippen LogP contribution is -2.31. The van der Waals surface area contributed by atoms with Gasteiger partial charge in [-0.15, -0.1) is 0 Å². The third-order valence-corrected chi connectivity index (χ3v) is 8.48. The van der Waals surface area contributed by atoms with Crippen LogP contribution in [0.15, 0.2) is 72.8 Å². The Bertz CT molecular complexity index is 1320. The molecule has 1 aliphatic carbocycles. The molecule has 0 saturated carbocycles. The van der Waals surface area contributed by atoms with Crippen molar-refractivity contribution in [2.75, 3.05) is 0 Å². The van der Waals surface area contributed by atoms with Crippen LogP contribution >= 0.6 is 0 Å². The van der Waals surface area contributed by atoms with E-state index in [2.05, 4.69) is 114 Å². The summed E-state index contributed by atoms with van der Waals surface area (Å²) in [5, 5.41) is 0. The van der Waals surface area contributed by atoms with Crippen molar-refractivity contribution in [3.05, 3.63) is 128 Å². The molecule has 0 nitrogen and oxygen atoms in total. The molecule has 0 aliphatic heterocycles. The summed E-state index contributed by atoms with van der Waals surface area (Å²) in [5.41, 5.74) is 16.5. The largest absolute Gasteiger partial charge is 0.0718 e. The van der Waals surface area contributed by atoms with E-state index in [-0.39, 0.29) is 5.41 Å². The Labute approximate surface area is 224 Å². The third-order valence-electron chi connectivity index (χ3n) is 8.48. The first-order valence-corrected chi connectivity index (χ1v) is 14.3. The van der Waals surface area contributed by atoms with Gasteiger partial charge in [0.25, 0.3) is 0 Å². The molecule has 0 heterocycles. The van der Waals surface area contributed by atoms with E-state index in [4.69, 9.17) is 0 Å². The molecule has 0 spiro atoms. The number of fused-ring (bicyclic) bond motifs is 3. The Balaban J connectivity index is 1.85. The molecule has 1 aliphatic rings. The summed E-state index contributed by atoms with van der Waals surface area (Å²) in [6.07, 6.45) is 7.25. The fourth-order valence-electron chi connectivity index (χ4n) is 6.64. The van der Waals surface area contributed by atoms with Crippen LogP contribution in [-0.2, 0) is 18.3 Å². The van der Waals surface area contributed by atoms with E-state index in [9.17, 15) is 0 Å². The lowest BCUT2D eigenvalue weighted by molar-refractivity contribution is 0.744. The molecular formula is C37H42. The van der Waals surface area contributed by atoms with Crippen molar-refractivity contribution in [2.45, 2.75) is 85.5 Å². The smallest absolute Gasteiger partial charge is 0.0654 e. The van der Waals surface area contributed by atoms with Crippen LogP contribution in [0.4, 0.5) is 0 Å². The summed E-state index contributed by atoms with van der Waals surface area (Å²) in [7, 11) is 0. The molecule has 4 aromatic carbocycles. The molecule has 0 amide bonds. The molecule has 0 N–H and O–H groups in total. The molecule has 0 aromatic heterocycles. The predicted octanol–water partition coefficient (Wildman–Crippen LogP) is 9.97. The molecule has 5 rings (SSSR count). The zero-order valence-corrected chi connectivity index (χ0v) is 23.7. The second-order valence-electron chi connectivity index (χ2n) is 11.4. The van der Waals surface area contributed by atoms with Gasteiger partial charge in [0.2, 0.25) is 0 Å². The first kappa shape index (κ1) is 25.5. The van der Waals surface area contributed by atoms with E-state index in [1.165, 1.54) is 92.4 Å². The average Bonchev–Trinajstić information content (AvgIpc) is 3.15. The van der Waals surface area contributed by atoms with Crippen molar-refractivity contribution in [3.63, 3.8) is 0 Å². The number of hydrogen-bond acceptors (Lipinski definition) is 0. The molecule has 0 fully saturated rings. The number of aryl methyl sites for hydroxylation is 6. The first-order chi connectivity index (χ1) is 17.9. The molecule has 0 unspecified atom stereocenters. The standard InChI is InChI=1S/C37H42/c1-7-9-11-29-15-19-33(27(5)23-29)37(34-20-16-30(12-10-8-2)24-28(34)6)35-21-25(3)13-17-31(35)32-18-14-26(4)22-36(32)37/h13-24H,7-12H2,1-6H3. The molecule has 0 radical (unpaired) electrons. The van der Waals surface area contributed by atoms with Crippen LogP contribution < -0.4 is 0 Å². The molecule has 0 atom stereocenters. The van der Waals surface area contributed by atoms with Gasteiger partial charge in [-0.2, -0.15) is 0 Å². The van der Waals surface area contributed by atoms with Crippen LogP contribution in [0.25, 0.3) is 11.1 Å². The molecule has 190 valence electrons. The highest BCUT2D eigenvalue weighted by molar-refractivity contribution is 5.87. The lowest BCUT2D eigenvalue weighted by atomic mass is 9.64. The van der Waals surface area contributed by atoms with Gasteiger partial charge in [-0.1, -0.05) is 111 Å². The Morgan fingerprint density at radius 3 is 1.30 bits per heavy atom. The van der Waals surface area contributed by atoms with E-state index >= 15 is 0 Å². The minimum atomic E-state index is -0.316. The fraction of sp³-hybridized carbons (Fsp3) is 0.351. The van der Waals surface area contributed by atoms with Crippen molar-refractivity contribution >= 4 is 0 Å². The predicted molar refractivity (Wildman–Crippen MR) is 160 cm³/mol. The highest BCUT2D eigenvalue weighted by Gasteiger charge is 2.47. The molecule has 4 aromatic rings. The quantitative estimate of drug-likeness (QED) is 0.205. The van der Waals surface area contributed by atoms with Crippen LogP contribution in [0.3, 0.4) is 0 Å². The number of benzene rings is 4. The molecular weight excluding hydrogens is 444 g/mol. The summed E-state index contributed by atoms with van der Waals surface area (Å²) < 4.78 is 0. The molecule has 0 saturated heterocycles. The van der Waals surface area contributed by atoms with Gasteiger partial charge in [-0.25, -0.2) is 0 Å². The van der Waals surface area contributed by atoms with Gasteiger partial charge >= 0.3 is 0 Å². The van der Waals surface area contributed by atoms with Crippen molar-refractivity contribution in [2.24, 2.45) is 0 Å². The monoisotopic (exact) mass is 486 g/mol. The number of hydrogen-bond donors (Lipinski definition) is 0. The van der Waals surface area contributed by atoms with Gasteiger partial charge in [0, 0.05) is 0 Å². The summed E-state index contributed by atoms with van der Waals surface area (Å²) >= 11 is 0. The van der Waals surface area contributed by atoms with Crippen LogP contribution in [0.1, 0.15) is 95.2 Å². The van der Waals surface area contributed by atoms with Crippen LogP contribution in [0.5, 0.6) is 0 Å². The minimum Gasteiger partial charge on any atom is -0.0654 e. The van der Waals surface area contributed by atoms with Gasteiger partial charge in [-0.05, 0) is 109 Å². The zero-order valence-electron chi connectivity index (χ0n) is 23.7. The molecule has 0 heteroatoms. The van der Waals surface area contributed by atoms with Gasteiger partial charge in [0.15, 0.2) is 0 Å². The highest BCUT2D eigenvalue weighted by atomic mass is 14.5. The van der Waals surface area contributed by atoms with Gasteiger partial charge < -0.3 is 0 Å². The summed E-state index contributed by atoms with van der Waals surface area (Å²) in [6, 6.07) is 28.8. The normalized spacial score (nSPS) is 13.5. The van der Waals surface area contributed by atoms with Gasteiger partial charge in [0.1, 0.15) is 0 Å². The topological polar surface area (TPSA) is 0 Å². The third kappa shape index (κ3) is 4.35. The van der Waals surface area contributed by atoms with Crippen LogP contribution in [0.2, 0.25) is 0 Å². The van der Waals surface area contributed by atoms with E-state index < -0.39 is 0 Å². The Morgan fingerprint density at radius 1 is 0.486 bits per heavy atom. The van der Waals surface area contributed by atoms with Crippen LogP contribution in [0, 0.1) is 27.7 Å². The minimum absolute atomic E-state index is 0.316. The molecule has 0 bridgehead atoms. The second kappa shape index (κ2) is 10.3. The van der Waals surface area contributed by atoms with E-state index in [0.29, 0.717) is 0 Å². The first-order valence-electron chi connectivity index (χ1n) is 14.3. The summed E-state index contributed by atoms with van der Waals surface area (Å²) in [6.45, 7) is 13.7. The maximum absolute atomic E-state index is 2.46. The number of rotatable bonds is 8. The highest BCUT2D eigenvalue weighted by Crippen LogP contribution is 2.57. The van der Waals surface area contributed by atoms with E-state index in [1.54, 1.807) is 0 Å². The van der Waals surface area contributed by atoms with Crippen molar-refractivity contribution < 1.29 is 0 Å². The van der Waals surface area contributed by atoms with Crippen molar-refractivity contribution in [3.8, 4) is 11.1 Å². The van der Waals surface area contributed by atoms with Crippen molar-refractivity contribution in [1.29, 1.82) is 0 Å².